The Kier molecular flexibility index (Phi) is 5.09. The minimum Gasteiger partial charge on any atom is -0.497 e. The molecule has 0 fully saturated rings. The third-order valence-corrected chi connectivity index (χ3v) is 5.52. The second-order valence-corrected chi connectivity index (χ2v) is 7.82. The fourth-order valence-corrected chi connectivity index (χ4v) is 3.90. The van der Waals surface area contributed by atoms with Crippen molar-refractivity contribution >= 4 is 11.9 Å². The van der Waals surface area contributed by atoms with Crippen LogP contribution in [0.3, 0.4) is 0 Å². The molecular formula is C23H26N4O2. The lowest BCUT2D eigenvalue weighted by atomic mass is 9.91. The van der Waals surface area contributed by atoms with Gasteiger partial charge in [-0.25, -0.2) is 4.68 Å². The number of anilines is 1. The van der Waals surface area contributed by atoms with E-state index in [-0.39, 0.29) is 23.9 Å². The lowest BCUT2D eigenvalue weighted by Crippen LogP contribution is -2.44. The number of amides is 1. The van der Waals surface area contributed by atoms with E-state index in [0.717, 1.165) is 23.3 Å². The van der Waals surface area contributed by atoms with Crippen molar-refractivity contribution < 1.29 is 9.53 Å². The molecule has 0 aliphatic carbocycles. The zero-order valence-corrected chi connectivity index (χ0v) is 17.2. The van der Waals surface area contributed by atoms with Crippen molar-refractivity contribution in [1.29, 1.82) is 0 Å². The Hall–Kier alpha value is -3.15. The fraction of sp³-hybridized carbons (Fsp3) is 0.348. The van der Waals surface area contributed by atoms with E-state index in [4.69, 9.17) is 4.74 Å². The fourth-order valence-electron chi connectivity index (χ4n) is 3.90. The maximum Gasteiger partial charge on any atom is 0.232 e. The summed E-state index contributed by atoms with van der Waals surface area (Å²) in [5.41, 5.74) is 3.42. The number of fused-ring (bicyclic) bond motifs is 1. The molecule has 4 rings (SSSR count). The van der Waals surface area contributed by atoms with E-state index in [0.29, 0.717) is 5.95 Å². The van der Waals surface area contributed by atoms with Crippen LogP contribution in [0, 0.1) is 12.8 Å². The first kappa shape index (κ1) is 19.2. The van der Waals surface area contributed by atoms with Gasteiger partial charge in [-0.2, -0.15) is 10.1 Å². The summed E-state index contributed by atoms with van der Waals surface area (Å²) < 4.78 is 7.17. The van der Waals surface area contributed by atoms with Gasteiger partial charge in [0.25, 0.3) is 0 Å². The number of hydrogen-bond acceptors (Lipinski definition) is 4. The predicted octanol–water partition coefficient (Wildman–Crippen LogP) is 4.32. The summed E-state index contributed by atoms with van der Waals surface area (Å²) in [6.45, 7) is 5.91. The van der Waals surface area contributed by atoms with Gasteiger partial charge < -0.3 is 4.74 Å². The van der Waals surface area contributed by atoms with Crippen LogP contribution in [-0.4, -0.2) is 27.8 Å². The van der Waals surface area contributed by atoms with Gasteiger partial charge in [-0.15, -0.1) is 0 Å². The monoisotopic (exact) mass is 390 g/mol. The number of rotatable bonds is 4. The molecule has 0 bridgehead atoms. The van der Waals surface area contributed by atoms with Crippen LogP contribution < -0.4 is 9.64 Å². The van der Waals surface area contributed by atoms with Gasteiger partial charge in [0.1, 0.15) is 12.1 Å². The standard InChI is InChI=1S/C23H26N4O2/c1-15(2)22(28)26-20(17-7-5-16(3)6-8-17)13-21(27-23(26)24-14-25-27)18-9-11-19(29-4)12-10-18/h5-12,14-15,20-21H,13H2,1-4H3/t20-,21+/m0/s1. The van der Waals surface area contributed by atoms with Crippen LogP contribution in [-0.2, 0) is 4.79 Å². The Balaban J connectivity index is 1.82. The number of ether oxygens (including phenoxy) is 1. The Labute approximate surface area is 171 Å². The number of methoxy groups -OCH3 is 1. The molecule has 29 heavy (non-hydrogen) atoms. The van der Waals surface area contributed by atoms with Crippen molar-refractivity contribution in [2.45, 2.75) is 39.3 Å². The normalized spacial score (nSPS) is 18.6. The van der Waals surface area contributed by atoms with Crippen LogP contribution in [0.15, 0.2) is 54.9 Å². The first-order valence-corrected chi connectivity index (χ1v) is 9.92. The minimum atomic E-state index is -0.134. The zero-order chi connectivity index (χ0) is 20.5. The van der Waals surface area contributed by atoms with Crippen LogP contribution in [0.1, 0.15) is 49.0 Å². The van der Waals surface area contributed by atoms with Crippen molar-refractivity contribution in [3.8, 4) is 5.75 Å². The van der Waals surface area contributed by atoms with Gasteiger partial charge in [-0.3, -0.25) is 9.69 Å². The Morgan fingerprint density at radius 1 is 1.03 bits per heavy atom. The lowest BCUT2D eigenvalue weighted by Gasteiger charge is -2.40. The smallest absolute Gasteiger partial charge is 0.232 e. The van der Waals surface area contributed by atoms with Gasteiger partial charge in [0.15, 0.2) is 0 Å². The SMILES string of the molecule is COc1ccc([C@H]2C[C@@H](c3ccc(C)cc3)N(C(=O)C(C)C)c3ncnn32)cc1. The lowest BCUT2D eigenvalue weighted by molar-refractivity contribution is -0.122. The Bertz CT molecular complexity index is 992. The summed E-state index contributed by atoms with van der Waals surface area (Å²) in [6, 6.07) is 16.3. The number of carbonyl (C=O) groups is 1. The van der Waals surface area contributed by atoms with E-state index in [1.54, 1.807) is 7.11 Å². The van der Waals surface area contributed by atoms with E-state index in [2.05, 4.69) is 53.4 Å². The molecule has 0 radical (unpaired) electrons. The summed E-state index contributed by atoms with van der Waals surface area (Å²) in [7, 11) is 1.66. The quantitative estimate of drug-likeness (QED) is 0.666. The molecule has 2 atom stereocenters. The molecule has 6 heteroatoms. The van der Waals surface area contributed by atoms with Crippen LogP contribution >= 0.6 is 0 Å². The highest BCUT2D eigenvalue weighted by atomic mass is 16.5. The first-order valence-electron chi connectivity index (χ1n) is 9.92. The van der Waals surface area contributed by atoms with E-state index < -0.39 is 0 Å². The number of hydrogen-bond donors (Lipinski definition) is 0. The number of benzene rings is 2. The van der Waals surface area contributed by atoms with Crippen molar-refractivity contribution in [2.24, 2.45) is 5.92 Å². The van der Waals surface area contributed by atoms with Gasteiger partial charge in [0.2, 0.25) is 11.9 Å². The minimum absolute atomic E-state index is 0.0130. The maximum atomic E-state index is 13.2. The molecule has 0 saturated heterocycles. The van der Waals surface area contributed by atoms with Crippen molar-refractivity contribution in [3.05, 3.63) is 71.5 Å². The van der Waals surface area contributed by atoms with E-state index in [1.165, 1.54) is 11.9 Å². The third kappa shape index (κ3) is 3.50. The molecule has 3 aromatic rings. The highest BCUT2D eigenvalue weighted by molar-refractivity contribution is 5.94. The average Bonchev–Trinajstić information content (AvgIpc) is 3.22. The molecule has 0 unspecified atom stereocenters. The molecular weight excluding hydrogens is 364 g/mol. The molecule has 0 N–H and O–H groups in total. The third-order valence-electron chi connectivity index (χ3n) is 5.52. The average molecular weight is 390 g/mol. The summed E-state index contributed by atoms with van der Waals surface area (Å²) in [6.07, 6.45) is 2.26. The summed E-state index contributed by atoms with van der Waals surface area (Å²) >= 11 is 0. The molecule has 1 amide bonds. The largest absolute Gasteiger partial charge is 0.497 e. The van der Waals surface area contributed by atoms with E-state index in [1.807, 2.05) is 35.6 Å². The summed E-state index contributed by atoms with van der Waals surface area (Å²) in [5.74, 6) is 1.33. The number of nitrogens with zero attached hydrogens (tertiary/aromatic N) is 4. The van der Waals surface area contributed by atoms with Gasteiger partial charge in [0.05, 0.1) is 19.2 Å². The van der Waals surface area contributed by atoms with Gasteiger partial charge in [0, 0.05) is 5.92 Å². The van der Waals surface area contributed by atoms with Crippen LogP contribution in [0.5, 0.6) is 5.75 Å². The van der Waals surface area contributed by atoms with E-state index >= 15 is 0 Å². The van der Waals surface area contributed by atoms with Crippen LogP contribution in [0.4, 0.5) is 5.95 Å². The second-order valence-electron chi connectivity index (χ2n) is 7.82. The maximum absolute atomic E-state index is 13.2. The van der Waals surface area contributed by atoms with Crippen LogP contribution in [0.2, 0.25) is 0 Å². The number of aromatic nitrogens is 3. The molecule has 1 aliphatic heterocycles. The molecule has 0 spiro atoms. The summed E-state index contributed by atoms with van der Waals surface area (Å²) in [4.78, 5) is 19.5. The number of carbonyl (C=O) groups excluding carboxylic acids is 1. The first-order chi connectivity index (χ1) is 14.0. The van der Waals surface area contributed by atoms with Crippen molar-refractivity contribution in [1.82, 2.24) is 14.8 Å². The topological polar surface area (TPSA) is 60.2 Å². The number of aryl methyl sites for hydroxylation is 1. The Morgan fingerprint density at radius 2 is 1.66 bits per heavy atom. The highest BCUT2D eigenvalue weighted by Crippen LogP contribution is 2.42. The molecule has 6 nitrogen and oxygen atoms in total. The van der Waals surface area contributed by atoms with E-state index in [9.17, 15) is 4.79 Å². The molecule has 1 aromatic heterocycles. The summed E-state index contributed by atoms with van der Waals surface area (Å²) in [5, 5.41) is 4.47. The molecule has 0 saturated carbocycles. The van der Waals surface area contributed by atoms with Gasteiger partial charge in [-0.05, 0) is 36.6 Å². The van der Waals surface area contributed by atoms with Crippen LogP contribution in [0.25, 0.3) is 0 Å². The van der Waals surface area contributed by atoms with Gasteiger partial charge >= 0.3 is 0 Å². The second kappa shape index (κ2) is 7.70. The molecule has 2 aromatic carbocycles. The molecule has 150 valence electrons. The van der Waals surface area contributed by atoms with Gasteiger partial charge in [-0.1, -0.05) is 55.8 Å². The molecule has 2 heterocycles. The van der Waals surface area contributed by atoms with Crippen molar-refractivity contribution in [3.63, 3.8) is 0 Å². The highest BCUT2D eigenvalue weighted by Gasteiger charge is 2.39. The van der Waals surface area contributed by atoms with Crippen molar-refractivity contribution in [2.75, 3.05) is 12.0 Å². The Morgan fingerprint density at radius 3 is 2.28 bits per heavy atom. The zero-order valence-electron chi connectivity index (χ0n) is 17.2. The molecule has 1 aliphatic rings. The predicted molar refractivity (Wildman–Crippen MR) is 112 cm³/mol.